The van der Waals surface area contributed by atoms with E-state index < -0.39 is 0 Å². The lowest BCUT2D eigenvalue weighted by Crippen LogP contribution is -2.23. The third-order valence-corrected chi connectivity index (χ3v) is 3.91. The molecule has 2 unspecified atom stereocenters. The molecule has 3 rings (SSSR count). The average Bonchev–Trinajstić information content (AvgIpc) is 2.42. The summed E-state index contributed by atoms with van der Waals surface area (Å²) in [5.74, 6) is 1.32. The number of nitrogens with zero attached hydrogens (tertiary/aromatic N) is 2. The number of hydrogen-bond donors (Lipinski definition) is 1. The van der Waals surface area contributed by atoms with Crippen LogP contribution in [0.3, 0.4) is 0 Å². The van der Waals surface area contributed by atoms with E-state index in [-0.39, 0.29) is 6.04 Å². The van der Waals surface area contributed by atoms with Crippen LogP contribution in [0.1, 0.15) is 41.8 Å². The van der Waals surface area contributed by atoms with E-state index in [0.29, 0.717) is 5.92 Å². The zero-order chi connectivity index (χ0) is 13.2. The average molecular weight is 253 g/mol. The van der Waals surface area contributed by atoms with Gasteiger partial charge in [0.15, 0.2) is 0 Å². The Labute approximate surface area is 113 Å². The molecule has 0 saturated carbocycles. The lowest BCUT2D eigenvalue weighted by Gasteiger charge is -2.28. The molecule has 3 heteroatoms. The van der Waals surface area contributed by atoms with Gasteiger partial charge in [-0.1, -0.05) is 31.2 Å². The molecule has 98 valence electrons. The molecule has 0 amide bonds. The van der Waals surface area contributed by atoms with Gasteiger partial charge in [0, 0.05) is 24.4 Å². The zero-order valence-electron chi connectivity index (χ0n) is 11.2. The Kier molecular flexibility index (Phi) is 3.30. The molecule has 1 aliphatic carbocycles. The third kappa shape index (κ3) is 2.38. The highest BCUT2D eigenvalue weighted by Crippen LogP contribution is 2.37. The van der Waals surface area contributed by atoms with Crippen molar-refractivity contribution in [3.8, 4) is 0 Å². The van der Waals surface area contributed by atoms with Crippen LogP contribution >= 0.6 is 0 Å². The van der Waals surface area contributed by atoms with E-state index in [2.05, 4.69) is 41.2 Å². The highest BCUT2D eigenvalue weighted by Gasteiger charge is 2.28. The summed E-state index contributed by atoms with van der Waals surface area (Å²) in [5.41, 5.74) is 9.88. The number of nitrogens with two attached hydrogens (primary N) is 1. The first-order chi connectivity index (χ1) is 9.28. The van der Waals surface area contributed by atoms with Crippen LogP contribution in [-0.2, 0) is 12.8 Å². The molecule has 1 aromatic carbocycles. The van der Waals surface area contributed by atoms with Crippen molar-refractivity contribution >= 4 is 0 Å². The Bertz CT molecular complexity index is 562. The Morgan fingerprint density at radius 1 is 1.26 bits per heavy atom. The molecule has 2 aromatic rings. The summed E-state index contributed by atoms with van der Waals surface area (Å²) >= 11 is 0. The van der Waals surface area contributed by atoms with Gasteiger partial charge >= 0.3 is 0 Å². The molecule has 1 aliphatic rings. The number of rotatable bonds is 4. The fraction of sp³-hybridized carbons (Fsp3) is 0.375. The molecule has 19 heavy (non-hydrogen) atoms. The minimum absolute atomic E-state index is 0.207. The second kappa shape index (κ2) is 5.10. The normalized spacial score (nSPS) is 18.5. The van der Waals surface area contributed by atoms with E-state index in [0.717, 1.165) is 30.7 Å². The standard InChI is InChI=1S/C16H19N3/c1-2-13(17)7-11-9-18-16(19-10-11)15-8-12-5-3-4-6-14(12)15/h3-6,9-10,13,15H,2,7-8,17H2,1H3. The molecule has 0 fully saturated rings. The first kappa shape index (κ1) is 12.3. The van der Waals surface area contributed by atoms with Crippen molar-refractivity contribution < 1.29 is 0 Å². The van der Waals surface area contributed by atoms with E-state index in [1.165, 1.54) is 11.1 Å². The molecule has 1 heterocycles. The van der Waals surface area contributed by atoms with Crippen LogP contribution in [0.15, 0.2) is 36.7 Å². The van der Waals surface area contributed by atoms with Crippen molar-refractivity contribution in [2.45, 2.75) is 38.1 Å². The van der Waals surface area contributed by atoms with E-state index >= 15 is 0 Å². The van der Waals surface area contributed by atoms with Gasteiger partial charge in [-0.05, 0) is 36.0 Å². The molecule has 0 bridgehead atoms. The molecule has 2 atom stereocenters. The van der Waals surface area contributed by atoms with E-state index in [1.807, 2.05) is 12.4 Å². The monoisotopic (exact) mass is 253 g/mol. The van der Waals surface area contributed by atoms with Crippen molar-refractivity contribution in [3.05, 3.63) is 59.2 Å². The lowest BCUT2D eigenvalue weighted by molar-refractivity contribution is 0.631. The molecule has 1 aromatic heterocycles. The van der Waals surface area contributed by atoms with Crippen LogP contribution in [0.4, 0.5) is 0 Å². The summed E-state index contributed by atoms with van der Waals surface area (Å²) in [6.45, 7) is 2.10. The second-order valence-electron chi connectivity index (χ2n) is 5.28. The summed E-state index contributed by atoms with van der Waals surface area (Å²) in [4.78, 5) is 9.04. The fourth-order valence-electron chi connectivity index (χ4n) is 2.59. The van der Waals surface area contributed by atoms with Crippen molar-refractivity contribution in [1.29, 1.82) is 0 Å². The van der Waals surface area contributed by atoms with E-state index in [9.17, 15) is 0 Å². The van der Waals surface area contributed by atoms with Crippen molar-refractivity contribution in [3.63, 3.8) is 0 Å². The minimum atomic E-state index is 0.207. The highest BCUT2D eigenvalue weighted by atomic mass is 14.9. The van der Waals surface area contributed by atoms with E-state index in [1.54, 1.807) is 0 Å². The van der Waals surface area contributed by atoms with Crippen LogP contribution < -0.4 is 5.73 Å². The van der Waals surface area contributed by atoms with Gasteiger partial charge in [0.05, 0.1) is 0 Å². The summed E-state index contributed by atoms with van der Waals surface area (Å²) < 4.78 is 0. The van der Waals surface area contributed by atoms with Crippen LogP contribution in [0.2, 0.25) is 0 Å². The maximum atomic E-state index is 5.95. The quantitative estimate of drug-likeness (QED) is 0.910. The van der Waals surface area contributed by atoms with Gasteiger partial charge < -0.3 is 5.73 Å². The number of aromatic nitrogens is 2. The predicted octanol–water partition coefficient (Wildman–Crippen LogP) is 2.44. The van der Waals surface area contributed by atoms with Crippen molar-refractivity contribution in [2.24, 2.45) is 5.73 Å². The molecule has 0 aliphatic heterocycles. The fourth-order valence-corrected chi connectivity index (χ4v) is 2.59. The first-order valence-corrected chi connectivity index (χ1v) is 6.92. The molecule has 0 saturated heterocycles. The number of fused-ring (bicyclic) bond motifs is 1. The van der Waals surface area contributed by atoms with Gasteiger partial charge in [-0.2, -0.15) is 0 Å². The zero-order valence-corrected chi connectivity index (χ0v) is 11.2. The van der Waals surface area contributed by atoms with Gasteiger partial charge in [0.2, 0.25) is 0 Å². The second-order valence-corrected chi connectivity index (χ2v) is 5.28. The lowest BCUT2D eigenvalue weighted by atomic mass is 9.77. The Morgan fingerprint density at radius 2 is 2.00 bits per heavy atom. The van der Waals surface area contributed by atoms with Gasteiger partial charge in [0.1, 0.15) is 5.82 Å². The summed E-state index contributed by atoms with van der Waals surface area (Å²) in [6.07, 6.45) is 6.76. The molecule has 0 spiro atoms. The number of benzene rings is 1. The first-order valence-electron chi connectivity index (χ1n) is 6.92. The van der Waals surface area contributed by atoms with Gasteiger partial charge in [-0.3, -0.25) is 0 Å². The molecule has 3 nitrogen and oxygen atoms in total. The molecule has 0 radical (unpaired) electrons. The van der Waals surface area contributed by atoms with Gasteiger partial charge in [-0.25, -0.2) is 9.97 Å². The van der Waals surface area contributed by atoms with Crippen molar-refractivity contribution in [2.75, 3.05) is 0 Å². The Hall–Kier alpha value is -1.74. The molecule has 2 N–H and O–H groups in total. The number of hydrogen-bond acceptors (Lipinski definition) is 3. The molecular weight excluding hydrogens is 234 g/mol. The van der Waals surface area contributed by atoms with E-state index in [4.69, 9.17) is 5.73 Å². The maximum absolute atomic E-state index is 5.95. The van der Waals surface area contributed by atoms with Crippen LogP contribution in [0.5, 0.6) is 0 Å². The van der Waals surface area contributed by atoms with Crippen LogP contribution in [0.25, 0.3) is 0 Å². The van der Waals surface area contributed by atoms with Crippen molar-refractivity contribution in [1.82, 2.24) is 9.97 Å². The molecular formula is C16H19N3. The predicted molar refractivity (Wildman–Crippen MR) is 76.0 cm³/mol. The highest BCUT2D eigenvalue weighted by molar-refractivity contribution is 5.43. The SMILES string of the molecule is CCC(N)Cc1cnc(C2Cc3ccccc32)nc1. The minimum Gasteiger partial charge on any atom is -0.327 e. The smallest absolute Gasteiger partial charge is 0.136 e. The maximum Gasteiger partial charge on any atom is 0.136 e. The summed E-state index contributed by atoms with van der Waals surface area (Å²) in [7, 11) is 0. The Morgan fingerprint density at radius 3 is 2.68 bits per heavy atom. The summed E-state index contributed by atoms with van der Waals surface area (Å²) in [5, 5.41) is 0. The van der Waals surface area contributed by atoms with Gasteiger partial charge in [-0.15, -0.1) is 0 Å². The van der Waals surface area contributed by atoms with Crippen LogP contribution in [-0.4, -0.2) is 16.0 Å². The Balaban J connectivity index is 1.74. The summed E-state index contributed by atoms with van der Waals surface area (Å²) in [6, 6.07) is 8.73. The van der Waals surface area contributed by atoms with Crippen LogP contribution in [0, 0.1) is 0 Å². The topological polar surface area (TPSA) is 51.8 Å². The largest absolute Gasteiger partial charge is 0.327 e. The van der Waals surface area contributed by atoms with Gasteiger partial charge in [0.25, 0.3) is 0 Å². The third-order valence-electron chi connectivity index (χ3n) is 3.91.